The Bertz CT molecular complexity index is 727. The molecule has 1 aliphatic rings. The van der Waals surface area contributed by atoms with Crippen LogP contribution in [-0.4, -0.2) is 36.7 Å². The van der Waals surface area contributed by atoms with Gasteiger partial charge in [-0.1, -0.05) is 0 Å². The third-order valence-electron chi connectivity index (χ3n) is 3.08. The van der Waals surface area contributed by atoms with Crippen molar-refractivity contribution in [3.8, 4) is 0 Å². The van der Waals surface area contributed by atoms with Crippen LogP contribution in [0.15, 0.2) is 28.6 Å². The van der Waals surface area contributed by atoms with Crippen molar-refractivity contribution in [2.24, 2.45) is 0 Å². The molecular weight excluding hydrogens is 294 g/mol. The Morgan fingerprint density at radius 3 is 2.84 bits per heavy atom. The van der Waals surface area contributed by atoms with Gasteiger partial charge in [0.15, 0.2) is 0 Å². The molecule has 0 N–H and O–H groups in total. The number of halogens is 2. The van der Waals surface area contributed by atoms with Gasteiger partial charge in [0.25, 0.3) is 5.92 Å². The predicted octanol–water partition coefficient (Wildman–Crippen LogP) is 2.33. The third kappa shape index (κ3) is 2.24. The number of hydrogen-bond acceptors (Lipinski definition) is 4. The molecule has 4 nitrogen and oxygen atoms in total. The number of alkyl halides is 2. The molecule has 0 aliphatic carbocycles. The Morgan fingerprint density at radius 2 is 2.16 bits per heavy atom. The standard InChI is InChI=1S/C11H10F2N2O2S2/c12-11(13)3-4-15(6-11)19(16,17)8-1-2-9-10(5-8)18-7-14-9/h1-2,5,7H,3-4,6H2. The second-order valence-electron chi connectivity index (χ2n) is 4.43. The summed E-state index contributed by atoms with van der Waals surface area (Å²) in [6, 6.07) is 4.49. The highest BCUT2D eigenvalue weighted by atomic mass is 32.2. The fourth-order valence-corrected chi connectivity index (χ4v) is 4.34. The molecule has 0 spiro atoms. The quantitative estimate of drug-likeness (QED) is 0.855. The van der Waals surface area contributed by atoms with Gasteiger partial charge in [0, 0.05) is 13.0 Å². The molecule has 8 heteroatoms. The van der Waals surface area contributed by atoms with E-state index in [9.17, 15) is 17.2 Å². The minimum absolute atomic E-state index is 0.0435. The average Bonchev–Trinajstić information content (AvgIpc) is 2.94. The van der Waals surface area contributed by atoms with E-state index >= 15 is 0 Å². The molecule has 19 heavy (non-hydrogen) atoms. The monoisotopic (exact) mass is 304 g/mol. The van der Waals surface area contributed by atoms with E-state index in [1.807, 2.05) is 0 Å². The Kier molecular flexibility index (Phi) is 2.84. The molecule has 0 radical (unpaired) electrons. The van der Waals surface area contributed by atoms with Crippen molar-refractivity contribution < 1.29 is 17.2 Å². The second-order valence-corrected chi connectivity index (χ2v) is 7.25. The van der Waals surface area contributed by atoms with Crippen LogP contribution in [0, 0.1) is 0 Å². The summed E-state index contributed by atoms with van der Waals surface area (Å²) in [5.74, 6) is -2.93. The first-order valence-corrected chi connectivity index (χ1v) is 7.92. The van der Waals surface area contributed by atoms with Gasteiger partial charge in [0.1, 0.15) is 0 Å². The van der Waals surface area contributed by atoms with E-state index in [0.717, 1.165) is 9.01 Å². The van der Waals surface area contributed by atoms with E-state index in [1.165, 1.54) is 23.5 Å². The molecule has 0 amide bonds. The lowest BCUT2D eigenvalue weighted by molar-refractivity contribution is 0.0183. The molecule has 1 saturated heterocycles. The number of benzene rings is 1. The summed E-state index contributed by atoms with van der Waals surface area (Å²) >= 11 is 1.32. The molecule has 1 aliphatic heterocycles. The number of nitrogens with zero attached hydrogens (tertiary/aromatic N) is 2. The van der Waals surface area contributed by atoms with E-state index in [4.69, 9.17) is 0 Å². The number of sulfonamides is 1. The Morgan fingerprint density at radius 1 is 1.37 bits per heavy atom. The van der Waals surface area contributed by atoms with E-state index in [1.54, 1.807) is 11.6 Å². The smallest absolute Gasteiger partial charge is 0.245 e. The molecular formula is C11H10F2N2O2S2. The normalized spacial score (nSPS) is 20.1. The van der Waals surface area contributed by atoms with Crippen LogP contribution in [0.5, 0.6) is 0 Å². The molecule has 1 fully saturated rings. The van der Waals surface area contributed by atoms with Crippen molar-refractivity contribution in [3.63, 3.8) is 0 Å². The predicted molar refractivity (Wildman–Crippen MR) is 67.9 cm³/mol. The van der Waals surface area contributed by atoms with E-state index in [0.29, 0.717) is 5.52 Å². The van der Waals surface area contributed by atoms with Gasteiger partial charge in [-0.25, -0.2) is 22.2 Å². The first-order valence-electron chi connectivity index (χ1n) is 5.60. The Labute approximate surface area is 112 Å². The molecule has 2 aromatic rings. The van der Waals surface area contributed by atoms with Gasteiger partial charge in [0.2, 0.25) is 10.0 Å². The first kappa shape index (κ1) is 12.9. The molecule has 0 atom stereocenters. The summed E-state index contributed by atoms with van der Waals surface area (Å²) in [4.78, 5) is 4.10. The highest BCUT2D eigenvalue weighted by molar-refractivity contribution is 7.89. The van der Waals surface area contributed by atoms with E-state index in [-0.39, 0.29) is 11.4 Å². The van der Waals surface area contributed by atoms with Crippen LogP contribution in [0.1, 0.15) is 6.42 Å². The maximum absolute atomic E-state index is 13.1. The number of fused-ring (bicyclic) bond motifs is 1. The maximum atomic E-state index is 13.1. The summed E-state index contributed by atoms with van der Waals surface area (Å²) in [6.45, 7) is -0.883. The van der Waals surface area contributed by atoms with Crippen LogP contribution in [0.2, 0.25) is 0 Å². The number of aromatic nitrogens is 1. The lowest BCUT2D eigenvalue weighted by atomic mass is 10.3. The summed E-state index contributed by atoms with van der Waals surface area (Å²) in [5, 5.41) is 0. The molecule has 1 aromatic heterocycles. The van der Waals surface area contributed by atoms with Crippen molar-refractivity contribution in [1.82, 2.24) is 9.29 Å². The van der Waals surface area contributed by atoms with Crippen molar-refractivity contribution >= 4 is 31.6 Å². The van der Waals surface area contributed by atoms with Gasteiger partial charge in [-0.05, 0) is 18.2 Å². The summed E-state index contributed by atoms with van der Waals surface area (Å²) in [5.41, 5.74) is 2.32. The Hall–Kier alpha value is -1.12. The fraction of sp³-hybridized carbons (Fsp3) is 0.364. The maximum Gasteiger partial charge on any atom is 0.262 e. The zero-order valence-corrected chi connectivity index (χ0v) is 11.3. The minimum Gasteiger partial charge on any atom is -0.245 e. The molecule has 0 bridgehead atoms. The van der Waals surface area contributed by atoms with Crippen molar-refractivity contribution in [1.29, 1.82) is 0 Å². The van der Waals surface area contributed by atoms with Crippen molar-refractivity contribution in [3.05, 3.63) is 23.7 Å². The van der Waals surface area contributed by atoms with Crippen LogP contribution in [0.4, 0.5) is 8.78 Å². The van der Waals surface area contributed by atoms with Gasteiger partial charge in [-0.3, -0.25) is 0 Å². The number of rotatable bonds is 2. The summed E-state index contributed by atoms with van der Waals surface area (Å²) < 4.78 is 52.4. The topological polar surface area (TPSA) is 50.3 Å². The van der Waals surface area contributed by atoms with Crippen LogP contribution in [-0.2, 0) is 10.0 Å². The number of hydrogen-bond donors (Lipinski definition) is 0. The summed E-state index contributed by atoms with van der Waals surface area (Å²) in [7, 11) is -3.85. The van der Waals surface area contributed by atoms with Crippen molar-refractivity contribution in [2.75, 3.05) is 13.1 Å². The molecule has 0 unspecified atom stereocenters. The fourth-order valence-electron chi connectivity index (χ4n) is 2.05. The van der Waals surface area contributed by atoms with Gasteiger partial charge in [0.05, 0.1) is 27.2 Å². The number of thiazole rings is 1. The van der Waals surface area contributed by atoms with Gasteiger partial charge < -0.3 is 0 Å². The third-order valence-corrected chi connectivity index (χ3v) is 5.71. The zero-order chi connectivity index (χ0) is 13.7. The van der Waals surface area contributed by atoms with Crippen LogP contribution in [0.25, 0.3) is 10.2 Å². The highest BCUT2D eigenvalue weighted by Crippen LogP contribution is 2.32. The molecule has 102 valence electrons. The molecule has 2 heterocycles. The SMILES string of the molecule is O=S(=O)(c1ccc2ncsc2c1)N1CCC(F)(F)C1. The Balaban J connectivity index is 2.00. The second kappa shape index (κ2) is 4.19. The van der Waals surface area contributed by atoms with E-state index < -0.39 is 28.9 Å². The van der Waals surface area contributed by atoms with Gasteiger partial charge in [-0.2, -0.15) is 4.31 Å². The van der Waals surface area contributed by atoms with Crippen molar-refractivity contribution in [2.45, 2.75) is 17.2 Å². The van der Waals surface area contributed by atoms with Gasteiger partial charge >= 0.3 is 0 Å². The lowest BCUT2D eigenvalue weighted by Gasteiger charge is -2.16. The first-order chi connectivity index (χ1) is 8.88. The zero-order valence-electron chi connectivity index (χ0n) is 9.71. The van der Waals surface area contributed by atoms with Crippen LogP contribution >= 0.6 is 11.3 Å². The van der Waals surface area contributed by atoms with Gasteiger partial charge in [-0.15, -0.1) is 11.3 Å². The average molecular weight is 304 g/mol. The lowest BCUT2D eigenvalue weighted by Crippen LogP contribution is -2.31. The van der Waals surface area contributed by atoms with Crippen LogP contribution < -0.4 is 0 Å². The molecule has 1 aromatic carbocycles. The minimum atomic E-state index is -3.85. The summed E-state index contributed by atoms with van der Waals surface area (Å²) in [6.07, 6.45) is -0.422. The molecule has 0 saturated carbocycles. The van der Waals surface area contributed by atoms with E-state index in [2.05, 4.69) is 4.98 Å². The highest BCUT2D eigenvalue weighted by Gasteiger charge is 2.43. The van der Waals surface area contributed by atoms with Crippen LogP contribution in [0.3, 0.4) is 0 Å². The largest absolute Gasteiger partial charge is 0.262 e. The molecule has 3 rings (SSSR count).